The van der Waals surface area contributed by atoms with Crippen molar-refractivity contribution in [3.63, 3.8) is 0 Å². The van der Waals surface area contributed by atoms with Crippen LogP contribution in [0.5, 0.6) is 0 Å². The number of nitrogens with zero attached hydrogens (tertiary/aromatic N) is 2. The molecule has 0 aliphatic heterocycles. The van der Waals surface area contributed by atoms with E-state index in [0.29, 0.717) is 5.56 Å². The largest absolute Gasteiger partial charge is 0.417 e. The van der Waals surface area contributed by atoms with Gasteiger partial charge in [-0.3, -0.25) is 0 Å². The van der Waals surface area contributed by atoms with Crippen molar-refractivity contribution in [2.75, 3.05) is 0 Å². The summed E-state index contributed by atoms with van der Waals surface area (Å²) in [5.41, 5.74) is -0.403. The van der Waals surface area contributed by atoms with Gasteiger partial charge in [0.05, 0.1) is 12.2 Å². The van der Waals surface area contributed by atoms with E-state index in [2.05, 4.69) is 9.97 Å². The van der Waals surface area contributed by atoms with Gasteiger partial charge < -0.3 is 5.11 Å². The lowest BCUT2D eigenvalue weighted by molar-refractivity contribution is -0.137. The predicted octanol–water partition coefficient (Wildman–Crippen LogP) is 2.65. The molecule has 1 aromatic carbocycles. The molecule has 18 heavy (non-hydrogen) atoms. The summed E-state index contributed by atoms with van der Waals surface area (Å²) in [6.45, 7) is -0.249. The van der Waals surface area contributed by atoms with Gasteiger partial charge in [-0.15, -0.1) is 0 Å². The van der Waals surface area contributed by atoms with Gasteiger partial charge in [0, 0.05) is 23.5 Å². The van der Waals surface area contributed by atoms with Gasteiger partial charge in [0.1, 0.15) is 0 Å². The van der Waals surface area contributed by atoms with Crippen LogP contribution in [0.25, 0.3) is 11.4 Å². The highest BCUT2D eigenvalue weighted by molar-refractivity contribution is 5.60. The zero-order chi connectivity index (χ0) is 13.2. The summed E-state index contributed by atoms with van der Waals surface area (Å²) in [5.74, 6) is -0.0138. The molecule has 2 rings (SSSR count). The summed E-state index contributed by atoms with van der Waals surface area (Å²) in [7, 11) is 0. The first-order valence-corrected chi connectivity index (χ1v) is 5.11. The van der Waals surface area contributed by atoms with Crippen molar-refractivity contribution in [2.24, 2.45) is 0 Å². The van der Waals surface area contributed by atoms with Crippen LogP contribution in [-0.4, -0.2) is 15.1 Å². The van der Waals surface area contributed by atoms with Crippen molar-refractivity contribution in [2.45, 2.75) is 12.8 Å². The van der Waals surface area contributed by atoms with Gasteiger partial charge in [-0.1, -0.05) is 18.2 Å². The van der Waals surface area contributed by atoms with Crippen LogP contribution in [0.3, 0.4) is 0 Å². The molecule has 0 aliphatic rings. The van der Waals surface area contributed by atoms with E-state index in [9.17, 15) is 13.2 Å². The van der Waals surface area contributed by atoms with Crippen LogP contribution in [0, 0.1) is 0 Å². The van der Waals surface area contributed by atoms with Crippen molar-refractivity contribution in [1.82, 2.24) is 9.97 Å². The van der Waals surface area contributed by atoms with Crippen LogP contribution in [0.1, 0.15) is 11.1 Å². The molecule has 94 valence electrons. The fourth-order valence-corrected chi connectivity index (χ4v) is 1.50. The molecule has 0 aliphatic carbocycles. The monoisotopic (exact) mass is 254 g/mol. The van der Waals surface area contributed by atoms with Gasteiger partial charge >= 0.3 is 6.18 Å². The highest BCUT2D eigenvalue weighted by Gasteiger charge is 2.33. The molecule has 2 aromatic rings. The number of benzene rings is 1. The molecule has 6 heteroatoms. The first-order chi connectivity index (χ1) is 8.52. The third-order valence-electron chi connectivity index (χ3n) is 2.36. The molecule has 0 unspecified atom stereocenters. The molecular weight excluding hydrogens is 245 g/mol. The second kappa shape index (κ2) is 4.73. The Labute approximate surface area is 101 Å². The molecule has 0 saturated heterocycles. The average Bonchev–Trinajstić information content (AvgIpc) is 2.38. The van der Waals surface area contributed by atoms with Gasteiger partial charge in [-0.2, -0.15) is 13.2 Å². The summed E-state index contributed by atoms with van der Waals surface area (Å²) in [5, 5.41) is 8.82. The fraction of sp³-hybridized carbons (Fsp3) is 0.167. The van der Waals surface area contributed by atoms with Crippen LogP contribution in [-0.2, 0) is 12.8 Å². The average molecular weight is 254 g/mol. The standard InChI is InChI=1S/C12H9F3N2O/c13-12(14,15)10-4-2-1-3-9(10)11-16-5-8(7-18)6-17-11/h1-6,18H,7H2. The topological polar surface area (TPSA) is 46.0 Å². The third kappa shape index (κ3) is 2.48. The molecule has 0 atom stereocenters. The second-order valence-corrected chi connectivity index (χ2v) is 3.62. The van der Waals surface area contributed by atoms with Crippen molar-refractivity contribution in [3.05, 3.63) is 47.8 Å². The predicted molar refractivity (Wildman–Crippen MR) is 58.4 cm³/mol. The Bertz CT molecular complexity index is 538. The molecule has 3 nitrogen and oxygen atoms in total. The summed E-state index contributed by atoms with van der Waals surface area (Å²) < 4.78 is 38.4. The minimum Gasteiger partial charge on any atom is -0.392 e. The van der Waals surface area contributed by atoms with Crippen LogP contribution >= 0.6 is 0 Å². The first kappa shape index (κ1) is 12.5. The van der Waals surface area contributed by atoms with Gasteiger partial charge in [-0.25, -0.2) is 9.97 Å². The Hall–Kier alpha value is -1.95. The number of aromatic nitrogens is 2. The third-order valence-corrected chi connectivity index (χ3v) is 2.36. The van der Waals surface area contributed by atoms with E-state index in [-0.39, 0.29) is 18.0 Å². The highest BCUT2D eigenvalue weighted by Crippen LogP contribution is 2.35. The van der Waals surface area contributed by atoms with Gasteiger partial charge in [0.2, 0.25) is 0 Å². The van der Waals surface area contributed by atoms with Crippen LogP contribution in [0.2, 0.25) is 0 Å². The number of hydrogen-bond donors (Lipinski definition) is 1. The Morgan fingerprint density at radius 3 is 2.22 bits per heavy atom. The van der Waals surface area contributed by atoms with E-state index in [0.717, 1.165) is 6.07 Å². The Morgan fingerprint density at radius 1 is 1.06 bits per heavy atom. The highest BCUT2D eigenvalue weighted by atomic mass is 19.4. The molecule has 0 fully saturated rings. The zero-order valence-corrected chi connectivity index (χ0v) is 9.15. The molecular formula is C12H9F3N2O. The molecule has 1 aromatic heterocycles. The quantitative estimate of drug-likeness (QED) is 0.896. The van der Waals surface area contributed by atoms with E-state index in [4.69, 9.17) is 5.11 Å². The number of aliphatic hydroxyl groups excluding tert-OH is 1. The Morgan fingerprint density at radius 2 is 1.67 bits per heavy atom. The van der Waals surface area contributed by atoms with Crippen molar-refractivity contribution in [1.29, 1.82) is 0 Å². The summed E-state index contributed by atoms with van der Waals surface area (Å²) in [4.78, 5) is 7.65. The van der Waals surface area contributed by atoms with E-state index in [1.807, 2.05) is 0 Å². The second-order valence-electron chi connectivity index (χ2n) is 3.62. The van der Waals surface area contributed by atoms with E-state index >= 15 is 0 Å². The summed E-state index contributed by atoms with van der Waals surface area (Å²) in [6, 6.07) is 5.11. The summed E-state index contributed by atoms with van der Waals surface area (Å²) in [6.07, 6.45) is -1.85. The zero-order valence-electron chi connectivity index (χ0n) is 9.15. The van der Waals surface area contributed by atoms with Gasteiger partial charge in [0.25, 0.3) is 0 Å². The minimum absolute atomic E-state index is 0.0138. The maximum atomic E-state index is 12.8. The van der Waals surface area contributed by atoms with E-state index in [1.165, 1.54) is 30.6 Å². The molecule has 1 heterocycles. The molecule has 0 saturated carbocycles. The molecule has 0 amide bonds. The number of aliphatic hydroxyl groups is 1. The lowest BCUT2D eigenvalue weighted by Crippen LogP contribution is -2.08. The van der Waals surface area contributed by atoms with Crippen molar-refractivity contribution < 1.29 is 18.3 Å². The smallest absolute Gasteiger partial charge is 0.392 e. The van der Waals surface area contributed by atoms with Crippen LogP contribution < -0.4 is 0 Å². The normalized spacial score (nSPS) is 11.6. The molecule has 0 spiro atoms. The Kier molecular flexibility index (Phi) is 3.29. The SMILES string of the molecule is OCc1cnc(-c2ccccc2C(F)(F)F)nc1. The number of rotatable bonds is 2. The lowest BCUT2D eigenvalue weighted by atomic mass is 10.1. The Balaban J connectivity index is 2.50. The van der Waals surface area contributed by atoms with Crippen LogP contribution in [0.15, 0.2) is 36.7 Å². The van der Waals surface area contributed by atoms with Gasteiger partial charge in [0.15, 0.2) is 5.82 Å². The maximum Gasteiger partial charge on any atom is 0.417 e. The molecule has 0 radical (unpaired) electrons. The van der Waals surface area contributed by atoms with Crippen molar-refractivity contribution in [3.8, 4) is 11.4 Å². The van der Waals surface area contributed by atoms with Crippen LogP contribution in [0.4, 0.5) is 13.2 Å². The number of halogens is 3. The number of hydrogen-bond acceptors (Lipinski definition) is 3. The fourth-order valence-electron chi connectivity index (χ4n) is 1.50. The molecule has 0 bridgehead atoms. The minimum atomic E-state index is -4.45. The van der Waals surface area contributed by atoms with E-state index < -0.39 is 11.7 Å². The number of alkyl halides is 3. The maximum absolute atomic E-state index is 12.8. The van der Waals surface area contributed by atoms with Crippen molar-refractivity contribution >= 4 is 0 Å². The first-order valence-electron chi connectivity index (χ1n) is 5.11. The van der Waals surface area contributed by atoms with Gasteiger partial charge in [-0.05, 0) is 6.07 Å². The summed E-state index contributed by atoms with van der Waals surface area (Å²) >= 11 is 0. The lowest BCUT2D eigenvalue weighted by Gasteiger charge is -2.11. The molecule has 1 N–H and O–H groups in total. The van der Waals surface area contributed by atoms with E-state index in [1.54, 1.807) is 0 Å².